The Morgan fingerprint density at radius 1 is 1.17 bits per heavy atom. The van der Waals surface area contributed by atoms with Crippen LogP contribution in [-0.4, -0.2) is 5.54 Å². The van der Waals surface area contributed by atoms with E-state index in [0.29, 0.717) is 5.56 Å². The van der Waals surface area contributed by atoms with E-state index in [9.17, 15) is 13.2 Å². The number of rotatable bonds is 3. The molecule has 18 heavy (non-hydrogen) atoms. The minimum absolute atomic E-state index is 0.00128. The number of nitrogens with one attached hydrogen (secondary N) is 1. The number of alkyl halides is 3. The Morgan fingerprint density at radius 3 is 2.39 bits per heavy atom. The molecule has 0 radical (unpaired) electrons. The van der Waals surface area contributed by atoms with E-state index in [1.165, 1.54) is 6.07 Å². The summed E-state index contributed by atoms with van der Waals surface area (Å²) in [6, 6.07) is 5.79. The molecule has 1 nitrogen and oxygen atoms in total. The van der Waals surface area contributed by atoms with Gasteiger partial charge in [0, 0.05) is 12.1 Å². The maximum atomic E-state index is 12.8. The van der Waals surface area contributed by atoms with Crippen molar-refractivity contribution in [2.75, 3.05) is 0 Å². The van der Waals surface area contributed by atoms with Gasteiger partial charge in [0.25, 0.3) is 0 Å². The lowest BCUT2D eigenvalue weighted by molar-refractivity contribution is -0.138. The topological polar surface area (TPSA) is 12.0 Å². The Labute approximate surface area is 105 Å². The summed E-state index contributed by atoms with van der Waals surface area (Å²) in [4.78, 5) is 0. The van der Waals surface area contributed by atoms with Crippen molar-refractivity contribution in [1.29, 1.82) is 0 Å². The highest BCUT2D eigenvalue weighted by atomic mass is 19.4. The summed E-state index contributed by atoms with van der Waals surface area (Å²) in [5, 5.41) is 3.29. The summed E-state index contributed by atoms with van der Waals surface area (Å²) in [6.07, 6.45) is 0.131. The molecule has 0 aliphatic heterocycles. The van der Waals surface area contributed by atoms with Gasteiger partial charge in [-0.15, -0.1) is 0 Å². The minimum Gasteiger partial charge on any atom is -0.307 e. The fourth-order valence-electron chi connectivity index (χ4n) is 2.59. The first-order chi connectivity index (χ1) is 8.41. The van der Waals surface area contributed by atoms with Gasteiger partial charge in [0.1, 0.15) is 0 Å². The van der Waals surface area contributed by atoms with Crippen LogP contribution in [0, 0.1) is 0 Å². The number of halogens is 3. The molecular weight excluding hydrogens is 239 g/mol. The lowest BCUT2D eigenvalue weighted by Crippen LogP contribution is -2.39. The van der Waals surface area contributed by atoms with Gasteiger partial charge in [-0.3, -0.25) is 0 Å². The molecule has 4 heteroatoms. The van der Waals surface area contributed by atoms with E-state index in [0.717, 1.165) is 31.7 Å². The minimum atomic E-state index is -4.27. The molecule has 1 fully saturated rings. The quantitative estimate of drug-likeness (QED) is 0.858. The standard InChI is InChI=1S/C14H18F3N/c1-13(8-4-5-9-13)18-10-11-6-2-3-7-12(11)14(15,16)17/h2-3,6-7,18H,4-5,8-10H2,1H3. The molecule has 0 aromatic heterocycles. The van der Waals surface area contributed by atoms with Crippen molar-refractivity contribution in [2.24, 2.45) is 0 Å². The van der Waals surface area contributed by atoms with Gasteiger partial charge in [0.2, 0.25) is 0 Å². The summed E-state index contributed by atoms with van der Waals surface area (Å²) >= 11 is 0. The van der Waals surface area contributed by atoms with Crippen LogP contribution in [0.2, 0.25) is 0 Å². The van der Waals surface area contributed by atoms with Gasteiger partial charge >= 0.3 is 6.18 Å². The van der Waals surface area contributed by atoms with Gasteiger partial charge in [-0.05, 0) is 31.4 Å². The number of hydrogen-bond donors (Lipinski definition) is 1. The molecule has 1 N–H and O–H groups in total. The molecule has 1 aliphatic rings. The first kappa shape index (κ1) is 13.4. The average Bonchev–Trinajstić information content (AvgIpc) is 2.73. The van der Waals surface area contributed by atoms with Crippen molar-refractivity contribution in [3.8, 4) is 0 Å². The molecule has 1 aliphatic carbocycles. The molecule has 0 heterocycles. The predicted molar refractivity (Wildman–Crippen MR) is 65.2 cm³/mol. The van der Waals surface area contributed by atoms with E-state index in [1.807, 2.05) is 0 Å². The molecule has 2 rings (SSSR count). The fourth-order valence-corrected chi connectivity index (χ4v) is 2.59. The highest BCUT2D eigenvalue weighted by molar-refractivity contribution is 5.29. The Hall–Kier alpha value is -1.03. The van der Waals surface area contributed by atoms with Gasteiger partial charge in [0.15, 0.2) is 0 Å². The third-order valence-electron chi connectivity index (χ3n) is 3.74. The van der Waals surface area contributed by atoms with Crippen LogP contribution >= 0.6 is 0 Å². The number of hydrogen-bond acceptors (Lipinski definition) is 1. The third kappa shape index (κ3) is 3.05. The van der Waals surface area contributed by atoms with E-state index >= 15 is 0 Å². The summed E-state index contributed by atoms with van der Waals surface area (Å²) < 4.78 is 38.4. The summed E-state index contributed by atoms with van der Waals surface area (Å²) in [5.74, 6) is 0. The zero-order valence-corrected chi connectivity index (χ0v) is 10.5. The van der Waals surface area contributed by atoms with Gasteiger partial charge in [0.05, 0.1) is 5.56 Å². The Kier molecular flexibility index (Phi) is 3.66. The molecular formula is C14H18F3N. The lowest BCUT2D eigenvalue weighted by atomic mass is 9.99. The molecule has 100 valence electrons. The van der Waals surface area contributed by atoms with Crippen LogP contribution in [0.25, 0.3) is 0 Å². The molecule has 1 aromatic rings. The zero-order chi connectivity index (χ0) is 13.2. The molecule has 0 spiro atoms. The maximum Gasteiger partial charge on any atom is 0.416 e. The molecule has 1 saturated carbocycles. The SMILES string of the molecule is CC1(NCc2ccccc2C(F)(F)F)CCCC1. The molecule has 0 unspecified atom stereocenters. The van der Waals surface area contributed by atoms with Gasteiger partial charge in [-0.1, -0.05) is 31.0 Å². The Balaban J connectivity index is 2.10. The summed E-state index contributed by atoms with van der Waals surface area (Å²) in [6.45, 7) is 2.38. The third-order valence-corrected chi connectivity index (χ3v) is 3.74. The second kappa shape index (κ2) is 4.92. The first-order valence-electron chi connectivity index (χ1n) is 6.31. The van der Waals surface area contributed by atoms with Crippen LogP contribution < -0.4 is 5.32 Å². The highest BCUT2D eigenvalue weighted by Crippen LogP contribution is 2.33. The zero-order valence-electron chi connectivity index (χ0n) is 10.5. The average molecular weight is 257 g/mol. The molecule has 1 aromatic carbocycles. The van der Waals surface area contributed by atoms with Crippen molar-refractivity contribution < 1.29 is 13.2 Å². The predicted octanol–water partition coefficient (Wildman–Crippen LogP) is 4.13. The summed E-state index contributed by atoms with van der Waals surface area (Å²) in [5.41, 5.74) is -0.198. The van der Waals surface area contributed by atoms with Gasteiger partial charge in [-0.2, -0.15) is 13.2 Å². The lowest BCUT2D eigenvalue weighted by Gasteiger charge is -2.26. The van der Waals surface area contributed by atoms with E-state index in [-0.39, 0.29) is 12.1 Å². The van der Waals surface area contributed by atoms with Crippen molar-refractivity contribution in [3.63, 3.8) is 0 Å². The van der Waals surface area contributed by atoms with E-state index in [2.05, 4.69) is 12.2 Å². The van der Waals surface area contributed by atoms with Crippen LogP contribution in [0.3, 0.4) is 0 Å². The van der Waals surface area contributed by atoms with Crippen LogP contribution in [0.15, 0.2) is 24.3 Å². The Morgan fingerprint density at radius 2 is 1.78 bits per heavy atom. The van der Waals surface area contributed by atoms with Crippen molar-refractivity contribution in [3.05, 3.63) is 35.4 Å². The molecule has 0 bridgehead atoms. The van der Waals surface area contributed by atoms with Crippen molar-refractivity contribution in [2.45, 2.75) is 50.9 Å². The van der Waals surface area contributed by atoms with Crippen LogP contribution in [0.4, 0.5) is 13.2 Å². The molecule has 0 saturated heterocycles. The largest absolute Gasteiger partial charge is 0.416 e. The van der Waals surface area contributed by atoms with E-state index < -0.39 is 11.7 Å². The van der Waals surface area contributed by atoms with Crippen LogP contribution in [0.1, 0.15) is 43.7 Å². The monoisotopic (exact) mass is 257 g/mol. The normalized spacial score (nSPS) is 19.1. The summed E-state index contributed by atoms with van der Waals surface area (Å²) in [7, 11) is 0. The number of benzene rings is 1. The van der Waals surface area contributed by atoms with Crippen LogP contribution in [0.5, 0.6) is 0 Å². The van der Waals surface area contributed by atoms with Gasteiger partial charge in [-0.25, -0.2) is 0 Å². The Bertz CT molecular complexity index is 406. The van der Waals surface area contributed by atoms with Gasteiger partial charge < -0.3 is 5.32 Å². The first-order valence-corrected chi connectivity index (χ1v) is 6.31. The van der Waals surface area contributed by atoms with Crippen LogP contribution in [-0.2, 0) is 12.7 Å². The van der Waals surface area contributed by atoms with E-state index in [4.69, 9.17) is 0 Å². The van der Waals surface area contributed by atoms with Crippen molar-refractivity contribution in [1.82, 2.24) is 5.32 Å². The van der Waals surface area contributed by atoms with E-state index in [1.54, 1.807) is 12.1 Å². The molecule has 0 amide bonds. The molecule has 0 atom stereocenters. The highest BCUT2D eigenvalue weighted by Gasteiger charge is 2.34. The fraction of sp³-hybridized carbons (Fsp3) is 0.571. The smallest absolute Gasteiger partial charge is 0.307 e. The second-order valence-electron chi connectivity index (χ2n) is 5.28. The second-order valence-corrected chi connectivity index (χ2v) is 5.28. The maximum absolute atomic E-state index is 12.8. The van der Waals surface area contributed by atoms with Crippen molar-refractivity contribution >= 4 is 0 Å².